The molecule has 0 aromatic heterocycles. The molecule has 1 unspecified atom stereocenters. The van der Waals surface area contributed by atoms with E-state index in [1.807, 2.05) is 0 Å². The second kappa shape index (κ2) is 12.1. The van der Waals surface area contributed by atoms with Crippen LogP contribution in [0.1, 0.15) is 75.8 Å². The molecule has 0 saturated carbocycles. The highest BCUT2D eigenvalue weighted by molar-refractivity contribution is 6.18. The lowest BCUT2D eigenvalue weighted by atomic mass is 9.94. The fourth-order valence-corrected chi connectivity index (χ4v) is 3.12. The van der Waals surface area contributed by atoms with Crippen LogP contribution >= 0.6 is 11.6 Å². The Morgan fingerprint density at radius 1 is 0.857 bits per heavy atom. The van der Waals surface area contributed by atoms with Crippen molar-refractivity contribution in [3.63, 3.8) is 0 Å². The van der Waals surface area contributed by atoms with E-state index in [1.54, 1.807) is 0 Å². The van der Waals surface area contributed by atoms with E-state index in [-0.39, 0.29) is 0 Å². The molecule has 120 valence electrons. The minimum atomic E-state index is 0.648. The number of aryl methyl sites for hydroxylation is 1. The molecular weight excluding hydrogens is 276 g/mol. The Labute approximate surface area is 137 Å². The molecule has 0 spiro atoms. The van der Waals surface area contributed by atoms with E-state index in [0.717, 1.165) is 12.3 Å². The molecule has 0 aliphatic carbocycles. The van der Waals surface area contributed by atoms with Crippen molar-refractivity contribution in [1.82, 2.24) is 0 Å². The van der Waals surface area contributed by atoms with Crippen molar-refractivity contribution in [2.24, 2.45) is 5.92 Å². The molecule has 0 aliphatic rings. The Morgan fingerprint density at radius 2 is 1.43 bits per heavy atom. The van der Waals surface area contributed by atoms with E-state index in [1.165, 1.54) is 68.9 Å². The van der Waals surface area contributed by atoms with Crippen molar-refractivity contribution in [1.29, 1.82) is 0 Å². The number of hydrogen-bond donors (Lipinski definition) is 0. The molecule has 0 radical (unpaired) electrons. The third-order valence-corrected chi connectivity index (χ3v) is 4.77. The van der Waals surface area contributed by atoms with E-state index < -0.39 is 0 Å². The highest BCUT2D eigenvalue weighted by Gasteiger charge is 2.08. The van der Waals surface area contributed by atoms with E-state index in [2.05, 4.69) is 38.1 Å². The van der Waals surface area contributed by atoms with Gasteiger partial charge in [-0.1, -0.05) is 88.1 Å². The summed E-state index contributed by atoms with van der Waals surface area (Å²) in [6.07, 6.45) is 13.6. The molecular formula is C20H33Cl. The topological polar surface area (TPSA) is 0 Å². The quantitative estimate of drug-likeness (QED) is 0.290. The van der Waals surface area contributed by atoms with E-state index in [9.17, 15) is 0 Å². The van der Waals surface area contributed by atoms with Gasteiger partial charge in [0.05, 0.1) is 0 Å². The zero-order valence-electron chi connectivity index (χ0n) is 14.0. The third-order valence-electron chi connectivity index (χ3n) is 4.33. The summed E-state index contributed by atoms with van der Waals surface area (Å²) in [7, 11) is 0. The van der Waals surface area contributed by atoms with Gasteiger partial charge in [0, 0.05) is 5.88 Å². The van der Waals surface area contributed by atoms with Gasteiger partial charge in [-0.3, -0.25) is 0 Å². The maximum absolute atomic E-state index is 6.15. The molecule has 0 nitrogen and oxygen atoms in total. The van der Waals surface area contributed by atoms with Gasteiger partial charge in [-0.15, -0.1) is 11.6 Å². The predicted molar refractivity (Wildman–Crippen MR) is 96.3 cm³/mol. The second-order valence-corrected chi connectivity index (χ2v) is 6.78. The first-order chi connectivity index (χ1) is 10.3. The summed E-state index contributed by atoms with van der Waals surface area (Å²) in [5.74, 6) is 1.44. The van der Waals surface area contributed by atoms with Gasteiger partial charge in [0.15, 0.2) is 0 Å². The fourth-order valence-electron chi connectivity index (χ4n) is 2.86. The number of rotatable bonds is 12. The monoisotopic (exact) mass is 308 g/mol. The van der Waals surface area contributed by atoms with Crippen molar-refractivity contribution in [3.05, 3.63) is 35.4 Å². The van der Waals surface area contributed by atoms with Gasteiger partial charge in [-0.25, -0.2) is 0 Å². The zero-order chi connectivity index (χ0) is 15.3. The van der Waals surface area contributed by atoms with Crippen LogP contribution in [-0.2, 0) is 6.42 Å². The van der Waals surface area contributed by atoms with Crippen molar-refractivity contribution in [2.75, 3.05) is 5.88 Å². The van der Waals surface area contributed by atoms with Gasteiger partial charge in [-0.05, 0) is 31.2 Å². The Morgan fingerprint density at radius 3 is 2.00 bits per heavy atom. The first kappa shape index (κ1) is 18.6. The largest absolute Gasteiger partial charge is 0.126 e. The molecule has 1 aromatic carbocycles. The van der Waals surface area contributed by atoms with Gasteiger partial charge >= 0.3 is 0 Å². The summed E-state index contributed by atoms with van der Waals surface area (Å²) in [5, 5.41) is 0. The van der Waals surface area contributed by atoms with Crippen LogP contribution in [0.2, 0.25) is 0 Å². The lowest BCUT2D eigenvalue weighted by molar-refractivity contribution is 0.482. The Hall–Kier alpha value is -0.490. The Balaban J connectivity index is 2.09. The van der Waals surface area contributed by atoms with Crippen LogP contribution in [0.25, 0.3) is 0 Å². The minimum Gasteiger partial charge on any atom is -0.126 e. The highest BCUT2D eigenvalue weighted by atomic mass is 35.5. The number of halogens is 1. The number of unbranched alkanes of at least 4 members (excludes halogenated alkanes) is 7. The molecule has 1 atom stereocenters. The van der Waals surface area contributed by atoms with Crippen molar-refractivity contribution in [3.8, 4) is 0 Å². The summed E-state index contributed by atoms with van der Waals surface area (Å²) in [6, 6.07) is 8.92. The number of benzene rings is 1. The SMILES string of the molecule is CCCCCCCCCCC(CCl)Cc1ccc(C)cc1. The molecule has 0 heterocycles. The molecule has 21 heavy (non-hydrogen) atoms. The molecule has 0 fully saturated rings. The number of alkyl halides is 1. The molecule has 0 aliphatic heterocycles. The first-order valence-corrected chi connectivity index (χ1v) is 9.41. The van der Waals surface area contributed by atoms with Crippen molar-refractivity contribution in [2.45, 2.75) is 78.1 Å². The maximum atomic E-state index is 6.15. The smallest absolute Gasteiger partial charge is 0.0254 e. The van der Waals surface area contributed by atoms with E-state index in [0.29, 0.717) is 5.92 Å². The van der Waals surface area contributed by atoms with Crippen molar-refractivity contribution >= 4 is 11.6 Å². The van der Waals surface area contributed by atoms with Crippen LogP contribution < -0.4 is 0 Å². The molecule has 0 saturated heterocycles. The molecule has 0 amide bonds. The minimum absolute atomic E-state index is 0.648. The average molecular weight is 309 g/mol. The Bertz CT molecular complexity index is 341. The maximum Gasteiger partial charge on any atom is 0.0254 e. The molecule has 1 heteroatoms. The molecule has 1 rings (SSSR count). The van der Waals surface area contributed by atoms with E-state index >= 15 is 0 Å². The van der Waals surface area contributed by atoms with Crippen LogP contribution in [0.4, 0.5) is 0 Å². The van der Waals surface area contributed by atoms with Crippen LogP contribution in [-0.4, -0.2) is 5.88 Å². The van der Waals surface area contributed by atoms with Crippen LogP contribution in [0.5, 0.6) is 0 Å². The van der Waals surface area contributed by atoms with E-state index in [4.69, 9.17) is 11.6 Å². The summed E-state index contributed by atoms with van der Waals surface area (Å²) in [6.45, 7) is 4.42. The molecule has 1 aromatic rings. The van der Waals surface area contributed by atoms with Gasteiger partial charge < -0.3 is 0 Å². The summed E-state index contributed by atoms with van der Waals surface area (Å²) >= 11 is 6.15. The van der Waals surface area contributed by atoms with Crippen molar-refractivity contribution < 1.29 is 0 Å². The summed E-state index contributed by atoms with van der Waals surface area (Å²) < 4.78 is 0. The molecule has 0 bridgehead atoms. The van der Waals surface area contributed by atoms with Gasteiger partial charge in [0.2, 0.25) is 0 Å². The second-order valence-electron chi connectivity index (χ2n) is 6.47. The normalized spacial score (nSPS) is 12.5. The van der Waals surface area contributed by atoms with Crippen LogP contribution in [0.3, 0.4) is 0 Å². The Kier molecular flexibility index (Phi) is 10.7. The highest BCUT2D eigenvalue weighted by Crippen LogP contribution is 2.19. The lowest BCUT2D eigenvalue weighted by Crippen LogP contribution is -2.06. The number of hydrogen-bond acceptors (Lipinski definition) is 0. The standard InChI is InChI=1S/C20H33Cl/c1-3-4-5-6-7-8-9-10-11-20(17-21)16-19-14-12-18(2)13-15-19/h12-15,20H,3-11,16-17H2,1-2H3. The third kappa shape index (κ3) is 9.19. The summed E-state index contributed by atoms with van der Waals surface area (Å²) in [4.78, 5) is 0. The average Bonchev–Trinajstić information content (AvgIpc) is 2.50. The fraction of sp³-hybridized carbons (Fsp3) is 0.700. The van der Waals surface area contributed by atoms with Crippen LogP contribution in [0.15, 0.2) is 24.3 Å². The van der Waals surface area contributed by atoms with Gasteiger partial charge in [-0.2, -0.15) is 0 Å². The van der Waals surface area contributed by atoms with Gasteiger partial charge in [0.25, 0.3) is 0 Å². The van der Waals surface area contributed by atoms with Crippen LogP contribution in [0, 0.1) is 12.8 Å². The predicted octanol–water partition coefficient (Wildman–Crippen LogP) is 6.92. The zero-order valence-corrected chi connectivity index (χ0v) is 14.8. The van der Waals surface area contributed by atoms with Gasteiger partial charge in [0.1, 0.15) is 0 Å². The first-order valence-electron chi connectivity index (χ1n) is 8.87. The lowest BCUT2D eigenvalue weighted by Gasteiger charge is -2.14. The molecule has 0 N–H and O–H groups in total. The summed E-state index contributed by atoms with van der Waals surface area (Å²) in [5.41, 5.74) is 2.77.